The monoisotopic (exact) mass is 199 g/mol. The second-order valence-electron chi connectivity index (χ2n) is 3.22. The highest BCUT2D eigenvalue weighted by atomic mass is 32.2. The van der Waals surface area contributed by atoms with E-state index in [0.29, 0.717) is 11.2 Å². The number of H-pyrrole nitrogens is 1. The van der Waals surface area contributed by atoms with Crippen LogP contribution in [0.1, 0.15) is 32.1 Å². The highest BCUT2D eigenvalue weighted by molar-refractivity contribution is 8.01. The fourth-order valence-corrected chi connectivity index (χ4v) is 2.45. The Balaban J connectivity index is 1.72. The van der Waals surface area contributed by atoms with Crippen molar-refractivity contribution in [3.05, 3.63) is 0 Å². The average Bonchev–Trinajstić information content (AvgIpc) is 2.69. The van der Waals surface area contributed by atoms with Crippen molar-refractivity contribution in [2.45, 2.75) is 37.4 Å². The molecule has 1 aromatic heterocycles. The van der Waals surface area contributed by atoms with E-state index < -0.39 is 0 Å². The van der Waals surface area contributed by atoms with E-state index in [1.165, 1.54) is 32.1 Å². The molecule has 1 saturated carbocycles. The van der Waals surface area contributed by atoms with Crippen molar-refractivity contribution >= 4 is 17.9 Å². The van der Waals surface area contributed by atoms with Crippen molar-refractivity contribution in [1.29, 1.82) is 0 Å². The summed E-state index contributed by atoms with van der Waals surface area (Å²) in [7, 11) is 0. The summed E-state index contributed by atoms with van der Waals surface area (Å²) < 4.78 is 3.10. The summed E-state index contributed by atoms with van der Waals surface area (Å²) in [4.78, 5) is 0. The van der Waals surface area contributed by atoms with Crippen LogP contribution in [0.5, 0.6) is 0 Å². The summed E-state index contributed by atoms with van der Waals surface area (Å²) >= 11 is 1.72. The minimum absolute atomic E-state index is 0.579. The lowest BCUT2D eigenvalue weighted by atomic mass is 10.0. The molecule has 0 unspecified atom stereocenters. The predicted molar refractivity (Wildman–Crippen MR) is 52.3 cm³/mol. The molecule has 1 fully saturated rings. The molecule has 2 rings (SSSR count). The molecule has 1 heterocycles. The standard InChI is InChI=1S/C7H13N5S/c1-2-4-6(5-3-1)13-10-7-8-11-12-9-7/h6H,1-5H2,(H2,8,9,10,11,12). The molecule has 72 valence electrons. The van der Waals surface area contributed by atoms with Gasteiger partial charge in [-0.25, -0.2) is 0 Å². The number of tetrazole rings is 1. The normalized spacial score (nSPS) is 18.8. The minimum atomic E-state index is 0.579. The van der Waals surface area contributed by atoms with Crippen molar-refractivity contribution in [1.82, 2.24) is 20.6 Å². The molecule has 2 N–H and O–H groups in total. The molecule has 1 aliphatic rings. The zero-order valence-electron chi connectivity index (χ0n) is 7.36. The van der Waals surface area contributed by atoms with Crippen LogP contribution in [0.15, 0.2) is 0 Å². The van der Waals surface area contributed by atoms with Crippen molar-refractivity contribution in [3.8, 4) is 0 Å². The second-order valence-corrected chi connectivity index (χ2v) is 4.32. The third-order valence-corrected chi connectivity index (χ3v) is 3.32. The SMILES string of the molecule is C1CCC(SNc2nn[nH]n2)CC1. The molecule has 0 atom stereocenters. The van der Waals surface area contributed by atoms with Crippen molar-refractivity contribution in [2.75, 3.05) is 4.72 Å². The van der Waals surface area contributed by atoms with Crippen LogP contribution in [0, 0.1) is 0 Å². The molecule has 0 bridgehead atoms. The van der Waals surface area contributed by atoms with Gasteiger partial charge in [-0.1, -0.05) is 24.4 Å². The number of nitrogens with zero attached hydrogens (tertiary/aromatic N) is 3. The van der Waals surface area contributed by atoms with Crippen LogP contribution in [0.3, 0.4) is 0 Å². The van der Waals surface area contributed by atoms with E-state index >= 15 is 0 Å². The quantitative estimate of drug-likeness (QED) is 0.724. The second kappa shape index (κ2) is 4.45. The van der Waals surface area contributed by atoms with Crippen LogP contribution in [-0.2, 0) is 0 Å². The van der Waals surface area contributed by atoms with Gasteiger partial charge >= 0.3 is 0 Å². The molecule has 0 aliphatic heterocycles. The lowest BCUT2D eigenvalue weighted by Gasteiger charge is -2.19. The van der Waals surface area contributed by atoms with Gasteiger partial charge in [-0.15, -0.1) is 5.10 Å². The maximum absolute atomic E-state index is 3.82. The van der Waals surface area contributed by atoms with Crippen LogP contribution < -0.4 is 4.72 Å². The molecule has 6 heteroatoms. The lowest BCUT2D eigenvalue weighted by molar-refractivity contribution is 0.516. The number of hydrogen-bond donors (Lipinski definition) is 2. The minimum Gasteiger partial charge on any atom is -0.295 e. The first-order valence-electron chi connectivity index (χ1n) is 4.60. The molecule has 13 heavy (non-hydrogen) atoms. The molecule has 0 aromatic carbocycles. The van der Waals surface area contributed by atoms with E-state index in [1.807, 2.05) is 0 Å². The number of anilines is 1. The summed E-state index contributed by atoms with van der Waals surface area (Å²) in [5, 5.41) is 14.2. The van der Waals surface area contributed by atoms with Crippen LogP contribution >= 0.6 is 11.9 Å². The van der Waals surface area contributed by atoms with Gasteiger partial charge in [0.05, 0.1) is 0 Å². The van der Waals surface area contributed by atoms with Crippen LogP contribution in [0.2, 0.25) is 0 Å². The zero-order chi connectivity index (χ0) is 8.93. The van der Waals surface area contributed by atoms with E-state index in [0.717, 1.165) is 0 Å². The Kier molecular flexibility index (Phi) is 3.02. The Morgan fingerprint density at radius 1 is 1.31 bits per heavy atom. The Bertz CT molecular complexity index is 231. The van der Waals surface area contributed by atoms with Gasteiger partial charge < -0.3 is 0 Å². The van der Waals surface area contributed by atoms with E-state index in [9.17, 15) is 0 Å². The summed E-state index contributed by atoms with van der Waals surface area (Å²) in [5.74, 6) is 0.579. The topological polar surface area (TPSA) is 66.5 Å². The van der Waals surface area contributed by atoms with Gasteiger partial charge in [0.2, 0.25) is 0 Å². The van der Waals surface area contributed by atoms with Crippen LogP contribution in [-0.4, -0.2) is 25.9 Å². The molecule has 0 amide bonds. The molecule has 1 aliphatic carbocycles. The number of aromatic amines is 1. The van der Waals surface area contributed by atoms with Crippen LogP contribution in [0.25, 0.3) is 0 Å². The van der Waals surface area contributed by atoms with E-state index in [4.69, 9.17) is 0 Å². The fraction of sp³-hybridized carbons (Fsp3) is 0.857. The third kappa shape index (κ3) is 2.58. The van der Waals surface area contributed by atoms with Gasteiger partial charge in [0, 0.05) is 5.25 Å². The van der Waals surface area contributed by atoms with Gasteiger partial charge in [0.25, 0.3) is 5.95 Å². The van der Waals surface area contributed by atoms with E-state index in [2.05, 4.69) is 25.3 Å². The predicted octanol–water partition coefficient (Wildman–Crippen LogP) is 1.59. The number of nitrogens with one attached hydrogen (secondary N) is 2. The highest BCUT2D eigenvalue weighted by Crippen LogP contribution is 2.27. The smallest absolute Gasteiger partial charge is 0.273 e. The summed E-state index contributed by atoms with van der Waals surface area (Å²) in [6.45, 7) is 0. The first kappa shape index (κ1) is 8.80. The Morgan fingerprint density at radius 2 is 2.15 bits per heavy atom. The Labute approximate surface area is 81.2 Å². The number of rotatable bonds is 3. The molecular formula is C7H13N5S. The van der Waals surface area contributed by atoms with E-state index in [1.54, 1.807) is 11.9 Å². The molecule has 0 spiro atoms. The fourth-order valence-electron chi connectivity index (χ4n) is 1.52. The highest BCUT2D eigenvalue weighted by Gasteiger charge is 2.14. The Hall–Kier alpha value is -0.780. The summed E-state index contributed by atoms with van der Waals surface area (Å²) in [6.07, 6.45) is 6.70. The van der Waals surface area contributed by atoms with Crippen molar-refractivity contribution < 1.29 is 0 Å². The van der Waals surface area contributed by atoms with Gasteiger partial charge in [0.15, 0.2) is 0 Å². The third-order valence-electron chi connectivity index (χ3n) is 2.21. The Morgan fingerprint density at radius 3 is 2.85 bits per heavy atom. The maximum Gasteiger partial charge on any atom is 0.273 e. The van der Waals surface area contributed by atoms with Crippen LogP contribution in [0.4, 0.5) is 5.95 Å². The van der Waals surface area contributed by atoms with Crippen molar-refractivity contribution in [3.63, 3.8) is 0 Å². The van der Waals surface area contributed by atoms with Gasteiger partial charge in [-0.3, -0.25) is 4.72 Å². The van der Waals surface area contributed by atoms with Gasteiger partial charge in [-0.2, -0.15) is 5.21 Å². The summed E-state index contributed by atoms with van der Waals surface area (Å²) in [5.41, 5.74) is 0. The van der Waals surface area contributed by atoms with Crippen molar-refractivity contribution in [2.24, 2.45) is 0 Å². The zero-order valence-corrected chi connectivity index (χ0v) is 8.18. The summed E-state index contributed by atoms with van der Waals surface area (Å²) in [6, 6.07) is 0. The van der Waals surface area contributed by atoms with Gasteiger partial charge in [0.1, 0.15) is 0 Å². The van der Waals surface area contributed by atoms with E-state index in [-0.39, 0.29) is 0 Å². The average molecular weight is 199 g/mol. The first-order chi connectivity index (χ1) is 6.45. The number of hydrogen-bond acceptors (Lipinski definition) is 5. The molecular weight excluding hydrogens is 186 g/mol. The maximum atomic E-state index is 3.82. The van der Waals surface area contributed by atoms with Gasteiger partial charge in [-0.05, 0) is 30.0 Å². The molecule has 0 saturated heterocycles. The molecule has 0 radical (unpaired) electrons. The number of aromatic nitrogens is 4. The molecule has 1 aromatic rings. The largest absolute Gasteiger partial charge is 0.295 e. The first-order valence-corrected chi connectivity index (χ1v) is 5.48. The lowest BCUT2D eigenvalue weighted by Crippen LogP contribution is -2.10. The molecule has 5 nitrogen and oxygen atoms in total.